The van der Waals surface area contributed by atoms with E-state index in [0.717, 1.165) is 38.4 Å². The number of benzene rings is 2. The number of rotatable bonds is 6. The first-order chi connectivity index (χ1) is 14.9. The molecule has 0 aliphatic carbocycles. The van der Waals surface area contributed by atoms with Crippen LogP contribution in [0.2, 0.25) is 0 Å². The minimum atomic E-state index is 0.284. The van der Waals surface area contributed by atoms with Gasteiger partial charge in [-0.05, 0) is 23.3 Å². The number of hydrogen-bond donors (Lipinski definition) is 0. The summed E-state index contributed by atoms with van der Waals surface area (Å²) in [6.45, 7) is 4.81. The lowest BCUT2D eigenvalue weighted by Gasteiger charge is -2.39. The van der Waals surface area contributed by atoms with Crippen molar-refractivity contribution in [3.63, 3.8) is 0 Å². The summed E-state index contributed by atoms with van der Waals surface area (Å²) >= 11 is 0. The molecule has 0 saturated carbocycles. The Morgan fingerprint density at radius 3 is 2.03 bits per heavy atom. The van der Waals surface area contributed by atoms with Crippen LogP contribution in [0.1, 0.15) is 22.9 Å². The molecule has 152 valence electrons. The molecule has 1 saturated heterocycles. The van der Waals surface area contributed by atoms with Crippen molar-refractivity contribution in [1.82, 2.24) is 15.0 Å². The Balaban J connectivity index is 1.26. The van der Waals surface area contributed by atoms with Crippen molar-refractivity contribution in [3.05, 3.63) is 102 Å². The normalized spacial score (nSPS) is 15.6. The first-order valence-electron chi connectivity index (χ1n) is 10.4. The fourth-order valence-electron chi connectivity index (χ4n) is 4.21. The van der Waals surface area contributed by atoms with Gasteiger partial charge in [0.1, 0.15) is 0 Å². The zero-order valence-electron chi connectivity index (χ0n) is 16.9. The van der Waals surface area contributed by atoms with Gasteiger partial charge in [0, 0.05) is 38.8 Å². The maximum absolute atomic E-state index is 5.44. The second-order valence-corrected chi connectivity index (χ2v) is 7.70. The van der Waals surface area contributed by atoms with Gasteiger partial charge < -0.3 is 8.94 Å². The molecule has 2 aromatic heterocycles. The molecule has 0 bridgehead atoms. The lowest BCUT2D eigenvalue weighted by molar-refractivity contribution is 0.103. The van der Waals surface area contributed by atoms with Gasteiger partial charge in [0.2, 0.25) is 5.76 Å². The van der Waals surface area contributed by atoms with Crippen molar-refractivity contribution in [2.45, 2.75) is 12.6 Å². The average molecular weight is 399 g/mol. The van der Waals surface area contributed by atoms with E-state index >= 15 is 0 Å². The molecule has 3 heterocycles. The van der Waals surface area contributed by atoms with Gasteiger partial charge >= 0.3 is 0 Å². The fraction of sp³-hybridized carbons (Fsp3) is 0.240. The van der Waals surface area contributed by atoms with Crippen LogP contribution in [0, 0.1) is 0 Å². The van der Waals surface area contributed by atoms with Crippen LogP contribution in [0.25, 0.3) is 11.5 Å². The van der Waals surface area contributed by atoms with Crippen LogP contribution >= 0.6 is 0 Å². The predicted molar refractivity (Wildman–Crippen MR) is 116 cm³/mol. The number of furan rings is 1. The van der Waals surface area contributed by atoms with Crippen molar-refractivity contribution in [2.24, 2.45) is 0 Å². The minimum Gasteiger partial charge on any atom is -0.461 e. The van der Waals surface area contributed by atoms with Crippen LogP contribution in [-0.2, 0) is 6.54 Å². The maximum atomic E-state index is 5.44. The zero-order chi connectivity index (χ0) is 20.2. The molecule has 1 aliphatic heterocycles. The van der Waals surface area contributed by atoms with Crippen LogP contribution in [-0.4, -0.2) is 41.1 Å². The van der Waals surface area contributed by atoms with Crippen LogP contribution in [0.3, 0.4) is 0 Å². The van der Waals surface area contributed by atoms with Crippen LogP contribution in [0.5, 0.6) is 0 Å². The van der Waals surface area contributed by atoms with E-state index in [0.29, 0.717) is 11.5 Å². The number of nitrogens with zero attached hydrogens (tertiary/aromatic N) is 3. The van der Waals surface area contributed by atoms with Gasteiger partial charge in [-0.3, -0.25) is 9.80 Å². The quantitative estimate of drug-likeness (QED) is 0.464. The molecule has 0 unspecified atom stereocenters. The van der Waals surface area contributed by atoms with E-state index in [2.05, 4.69) is 75.6 Å². The SMILES string of the molecule is c1ccc(C(c2ccccc2)N2CCN(Cc3cc(-c4ccco4)on3)CC2)cc1. The monoisotopic (exact) mass is 399 g/mol. The molecule has 0 spiro atoms. The lowest BCUT2D eigenvalue weighted by atomic mass is 9.96. The van der Waals surface area contributed by atoms with Crippen LogP contribution in [0.15, 0.2) is 94.1 Å². The highest BCUT2D eigenvalue weighted by Gasteiger charge is 2.26. The summed E-state index contributed by atoms with van der Waals surface area (Å²) in [6, 6.07) is 27.6. The van der Waals surface area contributed by atoms with E-state index in [1.54, 1.807) is 6.26 Å². The molecular weight excluding hydrogens is 374 g/mol. The Morgan fingerprint density at radius 1 is 0.767 bits per heavy atom. The molecule has 0 amide bonds. The van der Waals surface area contributed by atoms with Gasteiger partial charge in [0.15, 0.2) is 5.76 Å². The van der Waals surface area contributed by atoms with E-state index < -0.39 is 0 Å². The summed E-state index contributed by atoms with van der Waals surface area (Å²) in [5, 5.41) is 4.23. The lowest BCUT2D eigenvalue weighted by Crippen LogP contribution is -2.47. The fourth-order valence-corrected chi connectivity index (χ4v) is 4.21. The topological polar surface area (TPSA) is 45.7 Å². The summed E-state index contributed by atoms with van der Waals surface area (Å²) in [7, 11) is 0. The highest BCUT2D eigenvalue weighted by molar-refractivity contribution is 5.49. The summed E-state index contributed by atoms with van der Waals surface area (Å²) < 4.78 is 10.8. The van der Waals surface area contributed by atoms with Crippen molar-refractivity contribution >= 4 is 0 Å². The molecule has 2 aromatic carbocycles. The number of hydrogen-bond acceptors (Lipinski definition) is 5. The standard InChI is InChI=1S/C25H25N3O2/c1-3-8-20(9-4-1)25(21-10-5-2-6-11-21)28-15-13-27(14-16-28)19-22-18-24(30-26-22)23-12-7-17-29-23/h1-12,17-18,25H,13-16,19H2. The van der Waals surface area contributed by atoms with Gasteiger partial charge in [-0.25, -0.2) is 0 Å². The van der Waals surface area contributed by atoms with Crippen LogP contribution < -0.4 is 0 Å². The maximum Gasteiger partial charge on any atom is 0.202 e. The molecule has 0 N–H and O–H groups in total. The summed E-state index contributed by atoms with van der Waals surface area (Å²) in [4.78, 5) is 5.02. The molecular formula is C25H25N3O2. The Kier molecular flexibility index (Phi) is 5.46. The van der Waals surface area contributed by atoms with Gasteiger partial charge in [-0.15, -0.1) is 0 Å². The number of aromatic nitrogens is 1. The first kappa shape index (κ1) is 18.9. The molecule has 0 radical (unpaired) electrons. The third-order valence-electron chi connectivity index (χ3n) is 5.71. The Morgan fingerprint density at radius 2 is 1.43 bits per heavy atom. The van der Waals surface area contributed by atoms with E-state index in [1.165, 1.54) is 11.1 Å². The van der Waals surface area contributed by atoms with Gasteiger partial charge in [0.05, 0.1) is 18.0 Å². The highest BCUT2D eigenvalue weighted by Crippen LogP contribution is 2.29. The van der Waals surface area contributed by atoms with Crippen molar-refractivity contribution in [1.29, 1.82) is 0 Å². The van der Waals surface area contributed by atoms with Crippen LogP contribution in [0.4, 0.5) is 0 Å². The second-order valence-electron chi connectivity index (χ2n) is 7.70. The summed E-state index contributed by atoms with van der Waals surface area (Å²) in [5.74, 6) is 1.40. The highest BCUT2D eigenvalue weighted by atomic mass is 16.5. The smallest absolute Gasteiger partial charge is 0.202 e. The van der Waals surface area contributed by atoms with E-state index in [9.17, 15) is 0 Å². The Bertz CT molecular complexity index is 997. The molecule has 1 aliphatic rings. The van der Waals surface area contributed by atoms with Crippen molar-refractivity contribution < 1.29 is 8.94 Å². The average Bonchev–Trinajstić information content (AvgIpc) is 3.49. The summed E-state index contributed by atoms with van der Waals surface area (Å²) in [5.41, 5.74) is 3.63. The minimum absolute atomic E-state index is 0.284. The third kappa shape index (κ3) is 4.08. The first-order valence-corrected chi connectivity index (χ1v) is 10.4. The van der Waals surface area contributed by atoms with E-state index in [4.69, 9.17) is 8.94 Å². The van der Waals surface area contributed by atoms with Crippen molar-refractivity contribution in [2.75, 3.05) is 26.2 Å². The second kappa shape index (κ2) is 8.69. The molecule has 1 fully saturated rings. The number of piperazine rings is 1. The Hall–Kier alpha value is -3.15. The molecule has 30 heavy (non-hydrogen) atoms. The summed E-state index contributed by atoms with van der Waals surface area (Å²) in [6.07, 6.45) is 1.65. The molecule has 0 atom stereocenters. The molecule has 4 aromatic rings. The molecule has 5 rings (SSSR count). The molecule has 5 nitrogen and oxygen atoms in total. The Labute approximate surface area is 176 Å². The van der Waals surface area contributed by atoms with Gasteiger partial charge in [-0.2, -0.15) is 0 Å². The predicted octanol–water partition coefficient (Wildman–Crippen LogP) is 4.84. The molecule has 5 heteroatoms. The largest absolute Gasteiger partial charge is 0.461 e. The van der Waals surface area contributed by atoms with Gasteiger partial charge in [-0.1, -0.05) is 65.8 Å². The van der Waals surface area contributed by atoms with E-state index in [1.807, 2.05) is 18.2 Å². The van der Waals surface area contributed by atoms with Gasteiger partial charge in [0.25, 0.3) is 0 Å². The van der Waals surface area contributed by atoms with E-state index in [-0.39, 0.29) is 6.04 Å². The third-order valence-corrected chi connectivity index (χ3v) is 5.71. The zero-order valence-corrected chi connectivity index (χ0v) is 16.9. The van der Waals surface area contributed by atoms with Crippen molar-refractivity contribution in [3.8, 4) is 11.5 Å².